The van der Waals surface area contributed by atoms with Crippen LogP contribution in [0.25, 0.3) is 0 Å². The summed E-state index contributed by atoms with van der Waals surface area (Å²) >= 11 is 7.99. The number of likely N-dealkylation sites (tertiary alicyclic amines) is 1. The van der Waals surface area contributed by atoms with E-state index in [-0.39, 0.29) is 17.9 Å². The normalized spacial score (nSPS) is 14.7. The van der Waals surface area contributed by atoms with Crippen LogP contribution in [0.1, 0.15) is 24.0 Å². The van der Waals surface area contributed by atoms with Crippen molar-refractivity contribution in [2.75, 3.05) is 40.6 Å². The van der Waals surface area contributed by atoms with Gasteiger partial charge in [-0.1, -0.05) is 35.9 Å². The summed E-state index contributed by atoms with van der Waals surface area (Å²) in [4.78, 5) is 38.0. The average Bonchev–Trinajstić information content (AvgIpc) is 3.03. The third-order valence-electron chi connectivity index (χ3n) is 7.74. The monoisotopic (exact) mass is 613 g/mol. The summed E-state index contributed by atoms with van der Waals surface area (Å²) in [6.07, 6.45) is 6.27. The number of carbonyl (C=O) groups is 2. The number of urea groups is 1. The number of fused-ring (bicyclic) bond motifs is 6. The van der Waals surface area contributed by atoms with E-state index in [9.17, 15) is 9.59 Å². The van der Waals surface area contributed by atoms with Crippen LogP contribution >= 0.6 is 23.4 Å². The van der Waals surface area contributed by atoms with Gasteiger partial charge in [0, 0.05) is 41.0 Å². The summed E-state index contributed by atoms with van der Waals surface area (Å²) in [5, 5.41) is 13.2. The fraction of sp³-hybridized carbons (Fsp3) is 0.250. The molecule has 0 saturated carbocycles. The number of para-hydroxylation sites is 1. The molecule has 6 rings (SSSR count). The lowest BCUT2D eigenvalue weighted by Crippen LogP contribution is -2.43. The number of hydrogen-bond donors (Lipinski definition) is 4. The van der Waals surface area contributed by atoms with Crippen molar-refractivity contribution >= 4 is 69.8 Å². The smallest absolute Gasteiger partial charge is 0.321 e. The second-order valence-electron chi connectivity index (χ2n) is 10.6. The molecule has 2 aliphatic heterocycles. The van der Waals surface area contributed by atoms with Crippen LogP contribution in [-0.2, 0) is 17.6 Å². The average molecular weight is 614 g/mol. The first-order valence-electron chi connectivity index (χ1n) is 14.2. The van der Waals surface area contributed by atoms with Crippen LogP contribution in [0.15, 0.2) is 77.8 Å². The maximum absolute atomic E-state index is 13.4. The quantitative estimate of drug-likeness (QED) is 0.178. The minimum atomic E-state index is -0.178. The molecule has 9 nitrogen and oxygen atoms in total. The molecule has 0 atom stereocenters. The van der Waals surface area contributed by atoms with Crippen molar-refractivity contribution in [3.8, 4) is 0 Å². The number of thioether (sulfide) groups is 1. The third kappa shape index (κ3) is 6.87. The highest BCUT2D eigenvalue weighted by atomic mass is 35.5. The van der Waals surface area contributed by atoms with Gasteiger partial charge < -0.3 is 26.2 Å². The van der Waals surface area contributed by atoms with Gasteiger partial charge >= 0.3 is 6.03 Å². The summed E-state index contributed by atoms with van der Waals surface area (Å²) in [6.45, 7) is 1.04. The maximum Gasteiger partial charge on any atom is 0.321 e. The second-order valence-corrected chi connectivity index (χ2v) is 11.8. The molecule has 43 heavy (non-hydrogen) atoms. The Balaban J connectivity index is 1.14. The number of aromatic nitrogens is 2. The van der Waals surface area contributed by atoms with Gasteiger partial charge in [-0.25, -0.2) is 9.78 Å². The molecule has 3 heterocycles. The van der Waals surface area contributed by atoms with E-state index in [1.54, 1.807) is 22.9 Å². The Bertz CT molecular complexity index is 1660. The van der Waals surface area contributed by atoms with Crippen LogP contribution in [-0.4, -0.2) is 46.2 Å². The van der Waals surface area contributed by atoms with Crippen molar-refractivity contribution in [2.45, 2.75) is 30.6 Å². The van der Waals surface area contributed by atoms with E-state index >= 15 is 0 Å². The standard InChI is InChI=1S/C32H32ClN7O2S/c1-43-28-8-3-2-7-27(28)38-32(42)40-15-13-21(14-16-40)30(41)37-26-12-11-24-18-22(26)10-9-20-5-4-6-23(17-20)36-31-34-19-25(33)29(35-24)39-31/h2-8,11-12,17-19,21H,9-10,13-16H2,1H3,(H,37,41)(H,38,42)(H2,34,35,36,39). The molecular formula is C32H32ClN7O2S. The van der Waals surface area contributed by atoms with Gasteiger partial charge in [-0.05, 0) is 85.5 Å². The highest BCUT2D eigenvalue weighted by molar-refractivity contribution is 7.98. The van der Waals surface area contributed by atoms with Gasteiger partial charge in [0.05, 0.1) is 11.9 Å². The Labute approximate surface area is 259 Å². The maximum atomic E-state index is 13.4. The molecule has 0 radical (unpaired) electrons. The van der Waals surface area contributed by atoms with Crippen LogP contribution < -0.4 is 21.3 Å². The van der Waals surface area contributed by atoms with Gasteiger partial charge in [0.15, 0.2) is 5.82 Å². The first kappa shape index (κ1) is 28.8. The number of carbonyl (C=O) groups excluding carboxylic acids is 2. The summed E-state index contributed by atoms with van der Waals surface area (Å²) < 4.78 is 0. The molecule has 0 spiro atoms. The van der Waals surface area contributed by atoms with E-state index in [0.717, 1.165) is 51.6 Å². The van der Waals surface area contributed by atoms with Crippen LogP contribution in [0, 0.1) is 5.92 Å². The van der Waals surface area contributed by atoms with E-state index in [2.05, 4.69) is 43.4 Å². The number of hydrogen-bond acceptors (Lipinski definition) is 7. The molecule has 0 unspecified atom stereocenters. The van der Waals surface area contributed by atoms with Crippen molar-refractivity contribution in [3.05, 3.63) is 89.1 Å². The number of anilines is 6. The Morgan fingerprint density at radius 1 is 0.930 bits per heavy atom. The predicted molar refractivity (Wildman–Crippen MR) is 174 cm³/mol. The number of piperidine rings is 1. The molecule has 1 aromatic heterocycles. The first-order valence-corrected chi connectivity index (χ1v) is 15.8. The van der Waals surface area contributed by atoms with Gasteiger partial charge in [-0.15, -0.1) is 11.8 Å². The predicted octanol–water partition coefficient (Wildman–Crippen LogP) is 7.32. The number of benzene rings is 3. The Morgan fingerprint density at radius 2 is 1.74 bits per heavy atom. The fourth-order valence-corrected chi connectivity index (χ4v) is 6.08. The van der Waals surface area contributed by atoms with Gasteiger partial charge in [-0.2, -0.15) is 4.98 Å². The lowest BCUT2D eigenvalue weighted by molar-refractivity contribution is -0.121. The summed E-state index contributed by atoms with van der Waals surface area (Å²) in [6, 6.07) is 21.6. The Morgan fingerprint density at radius 3 is 2.58 bits per heavy atom. The number of halogens is 1. The molecule has 1 fully saturated rings. The number of rotatable bonds is 4. The zero-order valence-electron chi connectivity index (χ0n) is 23.7. The summed E-state index contributed by atoms with van der Waals surface area (Å²) in [5.41, 5.74) is 5.44. The fourth-order valence-electron chi connectivity index (χ4n) is 5.39. The van der Waals surface area contributed by atoms with Crippen molar-refractivity contribution in [1.82, 2.24) is 14.9 Å². The van der Waals surface area contributed by atoms with Crippen molar-refractivity contribution < 1.29 is 9.59 Å². The molecule has 4 aromatic rings. The van der Waals surface area contributed by atoms with Crippen molar-refractivity contribution in [1.29, 1.82) is 0 Å². The molecule has 6 bridgehead atoms. The third-order valence-corrected chi connectivity index (χ3v) is 8.81. The molecule has 1 saturated heterocycles. The summed E-state index contributed by atoms with van der Waals surface area (Å²) in [7, 11) is 0. The zero-order valence-corrected chi connectivity index (χ0v) is 25.3. The number of nitrogens with zero attached hydrogens (tertiary/aromatic N) is 3. The van der Waals surface area contributed by atoms with E-state index in [1.165, 1.54) is 0 Å². The zero-order chi connectivity index (χ0) is 29.8. The molecule has 2 aliphatic rings. The topological polar surface area (TPSA) is 111 Å². The highest BCUT2D eigenvalue weighted by Crippen LogP contribution is 2.31. The number of amides is 3. The van der Waals surface area contributed by atoms with E-state index in [0.29, 0.717) is 42.7 Å². The molecule has 11 heteroatoms. The Hall–Kier alpha value is -4.28. The van der Waals surface area contributed by atoms with Crippen LogP contribution in [0.2, 0.25) is 5.02 Å². The lowest BCUT2D eigenvalue weighted by Gasteiger charge is -2.31. The lowest BCUT2D eigenvalue weighted by atomic mass is 9.95. The van der Waals surface area contributed by atoms with Crippen molar-refractivity contribution in [3.63, 3.8) is 0 Å². The van der Waals surface area contributed by atoms with E-state index < -0.39 is 0 Å². The van der Waals surface area contributed by atoms with Crippen molar-refractivity contribution in [2.24, 2.45) is 5.92 Å². The van der Waals surface area contributed by atoms with Gasteiger partial charge in [0.2, 0.25) is 11.9 Å². The van der Waals surface area contributed by atoms with E-state index in [4.69, 9.17) is 11.6 Å². The number of aryl methyl sites for hydroxylation is 2. The molecule has 220 valence electrons. The molecular weight excluding hydrogens is 582 g/mol. The molecule has 3 amide bonds. The Kier molecular flexibility index (Phi) is 8.67. The van der Waals surface area contributed by atoms with Gasteiger partial charge in [0.25, 0.3) is 0 Å². The minimum absolute atomic E-state index is 0.0256. The SMILES string of the molecule is CSc1ccccc1NC(=O)N1CCC(C(=O)Nc2ccc3cc2CCc2cccc(c2)Nc2ncc(Cl)c(n2)N3)CC1. The van der Waals surface area contributed by atoms with Gasteiger partial charge in [-0.3, -0.25) is 4.79 Å². The summed E-state index contributed by atoms with van der Waals surface area (Å²) in [5.74, 6) is 0.733. The highest BCUT2D eigenvalue weighted by Gasteiger charge is 2.28. The van der Waals surface area contributed by atoms with Crippen LogP contribution in [0.4, 0.5) is 39.3 Å². The molecule has 0 aliphatic carbocycles. The molecule has 4 N–H and O–H groups in total. The van der Waals surface area contributed by atoms with E-state index in [1.807, 2.05) is 60.9 Å². The number of nitrogens with one attached hydrogen (secondary N) is 4. The minimum Gasteiger partial charge on any atom is -0.339 e. The van der Waals surface area contributed by atoms with Crippen LogP contribution in [0.3, 0.4) is 0 Å². The van der Waals surface area contributed by atoms with Gasteiger partial charge in [0.1, 0.15) is 5.02 Å². The van der Waals surface area contributed by atoms with Crippen LogP contribution in [0.5, 0.6) is 0 Å². The molecule has 3 aromatic carbocycles. The largest absolute Gasteiger partial charge is 0.339 e. The first-order chi connectivity index (χ1) is 20.9. The second kappa shape index (κ2) is 12.9.